The van der Waals surface area contributed by atoms with E-state index in [2.05, 4.69) is 9.89 Å². The normalized spacial score (nSPS) is 24.8. The third-order valence-electron chi connectivity index (χ3n) is 9.97. The number of aliphatic hydroxyl groups is 1. The number of aliphatic imine (C=N–C) groups is 1. The Bertz CT molecular complexity index is 1540. The van der Waals surface area contributed by atoms with Gasteiger partial charge in [0.1, 0.15) is 16.5 Å². The van der Waals surface area contributed by atoms with Crippen molar-refractivity contribution in [2.45, 2.75) is 102 Å². The molecule has 1 N–H and O–H groups in total. The Morgan fingerprint density at radius 2 is 1.88 bits per heavy atom. The monoisotopic (exact) mass is 702 g/mol. The molecule has 12 nitrogen and oxygen atoms in total. The lowest BCUT2D eigenvalue weighted by Crippen LogP contribution is -2.55. The van der Waals surface area contributed by atoms with Gasteiger partial charge in [0.2, 0.25) is 6.79 Å². The highest BCUT2D eigenvalue weighted by atomic mass is 35.5. The lowest BCUT2D eigenvalue weighted by atomic mass is 9.71. The fourth-order valence-electron chi connectivity index (χ4n) is 7.45. The predicted octanol–water partition coefficient (Wildman–Crippen LogP) is 4.94. The largest absolute Gasteiger partial charge is 0.497 e. The van der Waals surface area contributed by atoms with Crippen molar-refractivity contribution in [3.8, 4) is 11.5 Å². The van der Waals surface area contributed by atoms with Crippen LogP contribution in [-0.4, -0.2) is 91.6 Å². The molecule has 4 aliphatic rings. The third kappa shape index (κ3) is 7.91. The van der Waals surface area contributed by atoms with Crippen LogP contribution in [0.5, 0.6) is 11.5 Å². The second-order valence-corrected chi connectivity index (χ2v) is 14.1. The second-order valence-electron chi connectivity index (χ2n) is 13.7. The van der Waals surface area contributed by atoms with Gasteiger partial charge in [0.15, 0.2) is 23.2 Å². The number of carbonyl (C=O) groups is 3. The summed E-state index contributed by atoms with van der Waals surface area (Å²) in [6.07, 6.45) is 5.10. The van der Waals surface area contributed by atoms with Crippen molar-refractivity contribution in [1.82, 2.24) is 4.90 Å². The molecular weight excluding hydrogens is 656 g/mol. The smallest absolute Gasteiger partial charge is 0.339 e. The van der Waals surface area contributed by atoms with E-state index in [9.17, 15) is 19.5 Å². The molecule has 0 amide bonds. The number of fused-ring (bicyclic) bond motifs is 3. The van der Waals surface area contributed by atoms with Crippen LogP contribution >= 0.6 is 11.6 Å². The van der Waals surface area contributed by atoms with E-state index in [1.54, 1.807) is 27.9 Å². The molecule has 0 bridgehead atoms. The summed E-state index contributed by atoms with van der Waals surface area (Å²) in [7, 11) is 2.74. The summed E-state index contributed by atoms with van der Waals surface area (Å²) in [6, 6.07) is 4.02. The van der Waals surface area contributed by atoms with Crippen LogP contribution in [0, 0.1) is 5.92 Å². The SMILES string of the molecule is CC=NC(Cl)=C(C)C(=O)OC(C)(C)CCCC(O)(CC(=O)OC)C(=O)OC1C(OC)=CC2CCCN3CCc4cc5c(cc4C1C23)OCO5. The van der Waals surface area contributed by atoms with Crippen LogP contribution in [0.2, 0.25) is 0 Å². The van der Waals surface area contributed by atoms with Gasteiger partial charge in [0.25, 0.3) is 0 Å². The highest BCUT2D eigenvalue weighted by Gasteiger charge is 2.52. The van der Waals surface area contributed by atoms with Crippen LogP contribution in [0.15, 0.2) is 39.7 Å². The number of esters is 3. The molecule has 0 saturated carbocycles. The van der Waals surface area contributed by atoms with Crippen LogP contribution in [0.4, 0.5) is 0 Å². The summed E-state index contributed by atoms with van der Waals surface area (Å²) in [6.45, 7) is 8.51. The van der Waals surface area contributed by atoms with Crippen LogP contribution in [0.3, 0.4) is 0 Å². The maximum absolute atomic E-state index is 14.2. The average Bonchev–Trinajstić information content (AvgIpc) is 3.46. The standard InChI is InChI=1S/C36H47ClN2O10/c1-7-38-32(37)21(2)33(41)49-35(3,4)12-9-13-36(43,19-28(40)45-6)34(42)48-31-27(44-5)17-23-10-8-14-39-15-11-22-16-25-26(47-20-46-25)18-24(22)29(31)30(23)39/h7,16-18,23,29-31,43H,8-15,19-20H2,1-6H3. The fraction of sp³-hybridized carbons (Fsp3) is 0.611. The minimum Gasteiger partial charge on any atom is -0.497 e. The second kappa shape index (κ2) is 15.1. The highest BCUT2D eigenvalue weighted by molar-refractivity contribution is 6.31. The molecule has 3 heterocycles. The van der Waals surface area contributed by atoms with Gasteiger partial charge in [-0.3, -0.25) is 9.69 Å². The molecule has 5 atom stereocenters. The molecule has 1 aliphatic carbocycles. The van der Waals surface area contributed by atoms with E-state index in [1.165, 1.54) is 20.2 Å². The molecule has 13 heteroatoms. The number of rotatable bonds is 12. The van der Waals surface area contributed by atoms with Crippen molar-refractivity contribution in [1.29, 1.82) is 0 Å². The molecule has 1 saturated heterocycles. The summed E-state index contributed by atoms with van der Waals surface area (Å²) in [5, 5.41) is 11.9. The Kier molecular flexibility index (Phi) is 11.3. The van der Waals surface area contributed by atoms with E-state index in [-0.39, 0.29) is 54.7 Å². The first-order valence-corrected chi connectivity index (χ1v) is 17.2. The van der Waals surface area contributed by atoms with Crippen LogP contribution in [0.25, 0.3) is 0 Å². The molecule has 5 rings (SSSR count). The fourth-order valence-corrected chi connectivity index (χ4v) is 7.62. The molecule has 1 aromatic carbocycles. The first-order valence-electron chi connectivity index (χ1n) is 16.8. The Morgan fingerprint density at radius 1 is 1.14 bits per heavy atom. The predicted molar refractivity (Wildman–Crippen MR) is 180 cm³/mol. The molecule has 1 fully saturated rings. The van der Waals surface area contributed by atoms with Crippen molar-refractivity contribution in [2.75, 3.05) is 34.1 Å². The quantitative estimate of drug-likeness (QED) is 0.104. The molecule has 0 aromatic heterocycles. The number of benzene rings is 1. The van der Waals surface area contributed by atoms with Crippen molar-refractivity contribution in [2.24, 2.45) is 10.9 Å². The summed E-state index contributed by atoms with van der Waals surface area (Å²) in [5.74, 6) is -0.716. The van der Waals surface area contributed by atoms with Gasteiger partial charge in [0, 0.05) is 24.7 Å². The van der Waals surface area contributed by atoms with Crippen molar-refractivity contribution >= 4 is 35.7 Å². The number of methoxy groups -OCH3 is 2. The molecule has 1 aromatic rings. The highest BCUT2D eigenvalue weighted by Crippen LogP contribution is 2.50. The van der Waals surface area contributed by atoms with Gasteiger partial charge in [-0.1, -0.05) is 11.6 Å². The third-order valence-corrected chi connectivity index (χ3v) is 10.3. The molecular formula is C36H47ClN2O10. The Hall–Kier alpha value is -3.61. The number of nitrogens with zero attached hydrogens (tertiary/aromatic N) is 2. The van der Waals surface area contributed by atoms with E-state index in [1.807, 2.05) is 18.2 Å². The van der Waals surface area contributed by atoms with Gasteiger partial charge in [-0.05, 0) is 108 Å². The maximum atomic E-state index is 14.2. The lowest BCUT2D eigenvalue weighted by molar-refractivity contribution is -0.180. The van der Waals surface area contributed by atoms with E-state index < -0.39 is 41.6 Å². The van der Waals surface area contributed by atoms with E-state index >= 15 is 0 Å². The summed E-state index contributed by atoms with van der Waals surface area (Å²) in [4.78, 5) is 45.8. The van der Waals surface area contributed by atoms with Gasteiger partial charge in [0.05, 0.1) is 26.2 Å². The van der Waals surface area contributed by atoms with Crippen molar-refractivity contribution in [3.63, 3.8) is 0 Å². The minimum atomic E-state index is -2.23. The number of hydrogen-bond donors (Lipinski definition) is 1. The van der Waals surface area contributed by atoms with Crippen molar-refractivity contribution < 1.29 is 47.9 Å². The summed E-state index contributed by atoms with van der Waals surface area (Å²) >= 11 is 6.07. The zero-order valence-electron chi connectivity index (χ0n) is 29.1. The van der Waals surface area contributed by atoms with Gasteiger partial charge in [-0.15, -0.1) is 0 Å². The Labute approximate surface area is 292 Å². The number of piperidine rings is 1. The number of carbonyl (C=O) groups excluding carboxylic acids is 3. The molecule has 268 valence electrons. The first kappa shape index (κ1) is 36.7. The Balaban J connectivity index is 1.41. The van der Waals surface area contributed by atoms with E-state index in [4.69, 9.17) is 40.0 Å². The summed E-state index contributed by atoms with van der Waals surface area (Å²) in [5.41, 5.74) is -1.01. The lowest BCUT2D eigenvalue weighted by Gasteiger charge is -2.48. The van der Waals surface area contributed by atoms with E-state index in [0.29, 0.717) is 17.3 Å². The average molecular weight is 703 g/mol. The first-order chi connectivity index (χ1) is 23.3. The van der Waals surface area contributed by atoms with Crippen LogP contribution in [0.1, 0.15) is 83.3 Å². The van der Waals surface area contributed by atoms with E-state index in [0.717, 1.165) is 43.5 Å². The topological polar surface area (TPSA) is 142 Å². The van der Waals surface area contributed by atoms with Gasteiger partial charge in [-0.2, -0.15) is 0 Å². The zero-order valence-corrected chi connectivity index (χ0v) is 29.8. The number of hydrogen-bond acceptors (Lipinski definition) is 12. The molecule has 3 aliphatic heterocycles. The molecule has 0 spiro atoms. The minimum absolute atomic E-state index is 0.0188. The van der Waals surface area contributed by atoms with Crippen LogP contribution < -0.4 is 9.47 Å². The maximum Gasteiger partial charge on any atom is 0.339 e. The van der Waals surface area contributed by atoms with Gasteiger partial charge < -0.3 is 33.5 Å². The van der Waals surface area contributed by atoms with Gasteiger partial charge in [-0.25, -0.2) is 14.6 Å². The summed E-state index contributed by atoms with van der Waals surface area (Å²) < 4.78 is 34.2. The zero-order chi connectivity index (χ0) is 35.5. The number of ether oxygens (including phenoxy) is 6. The van der Waals surface area contributed by atoms with Crippen molar-refractivity contribution in [3.05, 3.63) is 45.8 Å². The van der Waals surface area contributed by atoms with Crippen LogP contribution in [-0.2, 0) is 39.8 Å². The molecule has 0 radical (unpaired) electrons. The molecule has 5 unspecified atom stereocenters. The van der Waals surface area contributed by atoms with Gasteiger partial charge >= 0.3 is 17.9 Å². The molecule has 49 heavy (non-hydrogen) atoms. The number of halogens is 1. The Morgan fingerprint density at radius 3 is 2.57 bits per heavy atom.